The normalized spacial score (nSPS) is 10.9. The predicted molar refractivity (Wildman–Crippen MR) is 112 cm³/mol. The number of hydrogen-bond donors (Lipinski definition) is 1. The maximum absolute atomic E-state index is 5.34. The van der Waals surface area contributed by atoms with Crippen LogP contribution in [0, 0.1) is 0 Å². The molecule has 4 rings (SSSR count). The molecule has 28 heavy (non-hydrogen) atoms. The fourth-order valence-electron chi connectivity index (χ4n) is 2.56. The Balaban J connectivity index is 1.20. The molecule has 0 radical (unpaired) electrons. The second-order valence-corrected chi connectivity index (χ2v) is 8.36. The van der Waals surface area contributed by atoms with Gasteiger partial charge in [0, 0.05) is 24.3 Å². The van der Waals surface area contributed by atoms with E-state index in [1.165, 1.54) is 5.56 Å². The number of thioether (sulfide) groups is 1. The van der Waals surface area contributed by atoms with Gasteiger partial charge in [-0.3, -0.25) is 0 Å². The second kappa shape index (κ2) is 9.48. The molecule has 8 heteroatoms. The van der Waals surface area contributed by atoms with Crippen molar-refractivity contribution in [1.29, 1.82) is 0 Å². The van der Waals surface area contributed by atoms with Crippen LogP contribution < -0.4 is 5.32 Å². The van der Waals surface area contributed by atoms with Crippen LogP contribution in [0.5, 0.6) is 0 Å². The van der Waals surface area contributed by atoms with Crippen molar-refractivity contribution in [2.24, 2.45) is 0 Å². The minimum Gasteiger partial charge on any atom is -0.356 e. The zero-order valence-electron chi connectivity index (χ0n) is 15.1. The number of rotatable bonds is 9. The molecule has 142 valence electrons. The number of benzene rings is 2. The molecule has 1 N–H and O–H groups in total. The first-order valence-corrected chi connectivity index (χ1v) is 10.8. The van der Waals surface area contributed by atoms with Gasteiger partial charge >= 0.3 is 0 Å². The Hall–Kier alpha value is -2.71. The summed E-state index contributed by atoms with van der Waals surface area (Å²) in [6.07, 6.45) is 1.69. The smallest absolute Gasteiger partial charge is 0.226 e. The van der Waals surface area contributed by atoms with Crippen molar-refractivity contribution in [3.8, 4) is 11.4 Å². The summed E-state index contributed by atoms with van der Waals surface area (Å²) in [5.74, 6) is 2.24. The fraction of sp³-hybridized carbons (Fsp3) is 0.200. The van der Waals surface area contributed by atoms with Crippen molar-refractivity contribution in [1.82, 2.24) is 20.3 Å². The monoisotopic (exact) mass is 409 g/mol. The van der Waals surface area contributed by atoms with Gasteiger partial charge < -0.3 is 9.84 Å². The first-order chi connectivity index (χ1) is 13.9. The molecule has 0 amide bonds. The van der Waals surface area contributed by atoms with Crippen LogP contribution in [0.3, 0.4) is 0 Å². The Morgan fingerprint density at radius 3 is 2.57 bits per heavy atom. The Morgan fingerprint density at radius 1 is 0.964 bits per heavy atom. The number of nitrogens with one attached hydrogen (secondary N) is 1. The average Bonchev–Trinajstić information content (AvgIpc) is 3.41. The zero-order valence-corrected chi connectivity index (χ0v) is 16.7. The Bertz CT molecular complexity index is 988. The molecule has 0 spiro atoms. The largest absolute Gasteiger partial charge is 0.356 e. The molecular formula is C20H19N5OS2. The van der Waals surface area contributed by atoms with E-state index in [9.17, 15) is 0 Å². The SMILES string of the molecule is c1ccc(CNc2nnc(SCCCc3nc(-c4ccccc4)no3)s2)cc1. The molecule has 0 saturated heterocycles. The molecule has 0 aliphatic rings. The summed E-state index contributed by atoms with van der Waals surface area (Å²) in [7, 11) is 0. The average molecular weight is 410 g/mol. The summed E-state index contributed by atoms with van der Waals surface area (Å²) in [5.41, 5.74) is 2.19. The number of hydrogen-bond acceptors (Lipinski definition) is 8. The van der Waals surface area contributed by atoms with E-state index >= 15 is 0 Å². The first-order valence-electron chi connectivity index (χ1n) is 8.99. The lowest BCUT2D eigenvalue weighted by molar-refractivity contribution is 0.378. The van der Waals surface area contributed by atoms with Crippen molar-refractivity contribution in [3.05, 3.63) is 72.1 Å². The standard InChI is InChI=1S/C20H19N5OS2/c1-3-8-15(9-4-1)14-21-19-23-24-20(28-19)27-13-7-12-17-22-18(25-26-17)16-10-5-2-6-11-16/h1-6,8-11H,7,12-14H2,(H,21,23). The van der Waals surface area contributed by atoms with E-state index in [1.807, 2.05) is 48.5 Å². The number of aryl methyl sites for hydroxylation is 1. The lowest BCUT2D eigenvalue weighted by Crippen LogP contribution is -1.98. The summed E-state index contributed by atoms with van der Waals surface area (Å²) in [4.78, 5) is 4.46. The highest BCUT2D eigenvalue weighted by Gasteiger charge is 2.09. The van der Waals surface area contributed by atoms with Crippen LogP contribution in [0.25, 0.3) is 11.4 Å². The number of aromatic nitrogens is 4. The molecule has 4 aromatic rings. The molecule has 6 nitrogen and oxygen atoms in total. The van der Waals surface area contributed by atoms with Gasteiger partial charge in [0.1, 0.15) is 0 Å². The third kappa shape index (κ3) is 5.17. The van der Waals surface area contributed by atoms with Crippen molar-refractivity contribution in [2.45, 2.75) is 23.7 Å². The molecule has 0 bridgehead atoms. The third-order valence-electron chi connectivity index (χ3n) is 3.95. The first kappa shape index (κ1) is 18.6. The minimum atomic E-state index is 0.640. The van der Waals surface area contributed by atoms with E-state index in [-0.39, 0.29) is 0 Å². The van der Waals surface area contributed by atoms with Gasteiger partial charge in [0.25, 0.3) is 0 Å². The van der Waals surface area contributed by atoms with Crippen LogP contribution >= 0.6 is 23.1 Å². The van der Waals surface area contributed by atoms with Gasteiger partial charge in [-0.15, -0.1) is 10.2 Å². The maximum Gasteiger partial charge on any atom is 0.226 e. The van der Waals surface area contributed by atoms with E-state index in [2.05, 4.69) is 37.8 Å². The quantitative estimate of drug-likeness (QED) is 0.310. The van der Waals surface area contributed by atoms with Gasteiger partial charge in [-0.25, -0.2) is 0 Å². The van der Waals surface area contributed by atoms with Gasteiger partial charge in [0.15, 0.2) is 4.34 Å². The molecule has 2 aromatic carbocycles. The lowest BCUT2D eigenvalue weighted by atomic mass is 10.2. The third-order valence-corrected chi connectivity index (χ3v) is 6.05. The van der Waals surface area contributed by atoms with Gasteiger partial charge in [0.05, 0.1) is 0 Å². The van der Waals surface area contributed by atoms with Crippen LogP contribution in [0.4, 0.5) is 5.13 Å². The van der Waals surface area contributed by atoms with Gasteiger partial charge in [-0.05, 0) is 12.0 Å². The van der Waals surface area contributed by atoms with Gasteiger partial charge in [-0.2, -0.15) is 4.98 Å². The highest BCUT2D eigenvalue weighted by molar-refractivity contribution is 8.01. The molecule has 0 atom stereocenters. The van der Waals surface area contributed by atoms with E-state index in [1.54, 1.807) is 23.1 Å². The van der Waals surface area contributed by atoms with Crippen LogP contribution in [0.1, 0.15) is 17.9 Å². The maximum atomic E-state index is 5.34. The molecule has 0 aliphatic carbocycles. The zero-order chi connectivity index (χ0) is 19.0. The fourth-order valence-corrected chi connectivity index (χ4v) is 4.31. The summed E-state index contributed by atoms with van der Waals surface area (Å²) in [6, 6.07) is 20.1. The summed E-state index contributed by atoms with van der Waals surface area (Å²) >= 11 is 3.28. The summed E-state index contributed by atoms with van der Waals surface area (Å²) in [5, 5.41) is 16.6. The molecule has 0 aliphatic heterocycles. The van der Waals surface area contributed by atoms with E-state index < -0.39 is 0 Å². The molecule has 0 saturated carbocycles. The van der Waals surface area contributed by atoms with Crippen LogP contribution in [-0.2, 0) is 13.0 Å². The lowest BCUT2D eigenvalue weighted by Gasteiger charge is -2.00. The van der Waals surface area contributed by atoms with Crippen LogP contribution in [0.15, 0.2) is 69.5 Å². The van der Waals surface area contributed by atoms with E-state index in [0.717, 1.165) is 40.2 Å². The van der Waals surface area contributed by atoms with Crippen LogP contribution in [-0.4, -0.2) is 26.1 Å². The second-order valence-electron chi connectivity index (χ2n) is 6.04. The number of nitrogens with zero attached hydrogens (tertiary/aromatic N) is 4. The Morgan fingerprint density at radius 2 is 1.75 bits per heavy atom. The van der Waals surface area contributed by atoms with E-state index in [4.69, 9.17) is 4.52 Å². The van der Waals surface area contributed by atoms with Crippen molar-refractivity contribution >= 4 is 28.2 Å². The topological polar surface area (TPSA) is 76.7 Å². The summed E-state index contributed by atoms with van der Waals surface area (Å²) < 4.78 is 6.31. The predicted octanol–water partition coefficient (Wildman–Crippen LogP) is 4.93. The van der Waals surface area contributed by atoms with Crippen molar-refractivity contribution < 1.29 is 4.52 Å². The van der Waals surface area contributed by atoms with Crippen molar-refractivity contribution in [3.63, 3.8) is 0 Å². The van der Waals surface area contributed by atoms with E-state index in [0.29, 0.717) is 11.7 Å². The molecular weight excluding hydrogens is 390 g/mol. The van der Waals surface area contributed by atoms with Gasteiger partial charge in [-0.1, -0.05) is 88.9 Å². The van der Waals surface area contributed by atoms with Crippen LogP contribution in [0.2, 0.25) is 0 Å². The van der Waals surface area contributed by atoms with Crippen molar-refractivity contribution in [2.75, 3.05) is 11.1 Å². The van der Waals surface area contributed by atoms with Gasteiger partial charge in [0.2, 0.25) is 16.8 Å². The molecule has 0 fully saturated rings. The highest BCUT2D eigenvalue weighted by Crippen LogP contribution is 2.26. The molecule has 2 heterocycles. The molecule has 0 unspecified atom stereocenters. The number of anilines is 1. The summed E-state index contributed by atoms with van der Waals surface area (Å²) in [6.45, 7) is 0.751. The molecule has 2 aromatic heterocycles. The highest BCUT2D eigenvalue weighted by atomic mass is 32.2. The Labute approximate surface area is 171 Å². The Kier molecular flexibility index (Phi) is 6.31. The minimum absolute atomic E-state index is 0.640.